The molecule has 0 spiro atoms. The normalized spacial score (nSPS) is 16.9. The van der Waals surface area contributed by atoms with Gasteiger partial charge in [0.05, 0.1) is 6.10 Å². The first-order chi connectivity index (χ1) is 14.2. The Kier molecular flexibility index (Phi) is 12.5. The molecular weight excluding hydrogens is 378 g/mol. The van der Waals surface area contributed by atoms with Crippen LogP contribution in [-0.4, -0.2) is 28.0 Å². The summed E-state index contributed by atoms with van der Waals surface area (Å²) >= 11 is 5.30. The van der Waals surface area contributed by atoms with Gasteiger partial charge in [-0.3, -0.25) is 5.10 Å². The molecule has 4 nitrogen and oxygen atoms in total. The van der Waals surface area contributed by atoms with Gasteiger partial charge >= 0.3 is 0 Å². The maximum Gasteiger partial charge on any atom is 0.213 e. The molecule has 1 heterocycles. The minimum atomic E-state index is 0.356. The maximum absolute atomic E-state index is 5.46. The van der Waals surface area contributed by atoms with Crippen LogP contribution in [-0.2, 0) is 11.2 Å². The second-order valence-corrected chi connectivity index (χ2v) is 8.99. The van der Waals surface area contributed by atoms with Crippen molar-refractivity contribution in [1.82, 2.24) is 14.8 Å². The van der Waals surface area contributed by atoms with Gasteiger partial charge in [-0.1, -0.05) is 90.0 Å². The number of ether oxygens (including phenoxy) is 1. The molecule has 0 fully saturated rings. The summed E-state index contributed by atoms with van der Waals surface area (Å²) in [6, 6.07) is 0. The van der Waals surface area contributed by atoms with Crippen molar-refractivity contribution in [2.75, 3.05) is 7.11 Å². The summed E-state index contributed by atoms with van der Waals surface area (Å²) in [6.07, 6.45) is 24.7. The lowest BCUT2D eigenvalue weighted by Gasteiger charge is -2.21. The van der Waals surface area contributed by atoms with Crippen molar-refractivity contribution in [2.24, 2.45) is 0 Å². The fourth-order valence-corrected chi connectivity index (χ4v) is 4.47. The highest BCUT2D eigenvalue weighted by molar-refractivity contribution is 7.71. The Bertz CT molecular complexity index is 634. The summed E-state index contributed by atoms with van der Waals surface area (Å²) in [6.45, 7) is 2.29. The van der Waals surface area contributed by atoms with Crippen molar-refractivity contribution in [1.29, 1.82) is 0 Å². The summed E-state index contributed by atoms with van der Waals surface area (Å²) in [5, 5.41) is 3.26. The first-order valence-corrected chi connectivity index (χ1v) is 12.6. The molecule has 1 aliphatic carbocycles. The molecule has 0 aromatic carbocycles. The van der Waals surface area contributed by atoms with Gasteiger partial charge in [0, 0.05) is 19.2 Å². The number of aromatic amines is 1. The molecular formula is C24H43N3OS. The van der Waals surface area contributed by atoms with Gasteiger partial charge in [-0.15, -0.1) is 0 Å². The Labute approximate surface area is 183 Å². The number of rotatable bonds is 16. The summed E-state index contributed by atoms with van der Waals surface area (Å²) in [5.74, 6) is 1.10. The van der Waals surface area contributed by atoms with Crippen LogP contribution >= 0.6 is 12.2 Å². The van der Waals surface area contributed by atoms with Crippen LogP contribution in [0, 0.1) is 4.77 Å². The van der Waals surface area contributed by atoms with Gasteiger partial charge in [-0.05, 0) is 37.9 Å². The Morgan fingerprint density at radius 3 is 2.10 bits per heavy atom. The van der Waals surface area contributed by atoms with Crippen LogP contribution in [0.15, 0.2) is 6.08 Å². The number of hydrogen-bond acceptors (Lipinski definition) is 3. The predicted molar refractivity (Wildman–Crippen MR) is 126 cm³/mol. The standard InChI is InChI=1S/C24H43N3OS/c1-3-4-5-6-7-8-9-10-11-12-13-14-15-16-23-25-24(29)26-27(23)21-17-19-22(28-2)20-18-21/h17,22H,3-16,18-20H2,1-2H3,(H,26,29). The predicted octanol–water partition coefficient (Wildman–Crippen LogP) is 7.61. The van der Waals surface area contributed by atoms with Crippen molar-refractivity contribution in [3.63, 3.8) is 0 Å². The number of hydrogen-bond donors (Lipinski definition) is 1. The maximum atomic E-state index is 5.46. The third kappa shape index (κ3) is 9.61. The van der Waals surface area contributed by atoms with Crippen LogP contribution in [0.3, 0.4) is 0 Å². The Balaban J connectivity index is 1.55. The van der Waals surface area contributed by atoms with E-state index in [9.17, 15) is 0 Å². The van der Waals surface area contributed by atoms with Crippen molar-refractivity contribution in [3.05, 3.63) is 16.7 Å². The SMILES string of the molecule is CCCCCCCCCCCCCCCc1nc(=S)[nH]n1C1=CCC(OC)CC1. The first kappa shape index (κ1) is 24.3. The summed E-state index contributed by atoms with van der Waals surface area (Å²) in [5.41, 5.74) is 1.30. The Morgan fingerprint density at radius 1 is 1.00 bits per heavy atom. The number of aromatic nitrogens is 3. The Hall–Kier alpha value is -0.940. The number of H-pyrrole nitrogens is 1. The highest BCUT2D eigenvalue weighted by atomic mass is 32.1. The van der Waals surface area contributed by atoms with Gasteiger partial charge in [0.25, 0.3) is 0 Å². The van der Waals surface area contributed by atoms with Gasteiger partial charge in [0.1, 0.15) is 5.82 Å². The lowest BCUT2D eigenvalue weighted by molar-refractivity contribution is 0.0957. The van der Waals surface area contributed by atoms with E-state index >= 15 is 0 Å². The number of aryl methyl sites for hydroxylation is 1. The van der Waals surface area contributed by atoms with Crippen molar-refractivity contribution < 1.29 is 4.74 Å². The number of nitrogens with one attached hydrogen (secondary N) is 1. The zero-order valence-corrected chi connectivity index (χ0v) is 19.7. The Morgan fingerprint density at radius 2 is 1.59 bits per heavy atom. The van der Waals surface area contributed by atoms with Crippen LogP contribution in [0.5, 0.6) is 0 Å². The highest BCUT2D eigenvalue weighted by Gasteiger charge is 2.17. The topological polar surface area (TPSA) is 42.8 Å². The van der Waals surface area contributed by atoms with E-state index in [0.717, 1.165) is 31.5 Å². The molecule has 29 heavy (non-hydrogen) atoms. The lowest BCUT2D eigenvalue weighted by atomic mass is 10.0. The fourth-order valence-electron chi connectivity index (χ4n) is 4.27. The van der Waals surface area contributed by atoms with Crippen LogP contribution in [0.1, 0.15) is 115 Å². The van der Waals surface area contributed by atoms with E-state index in [1.807, 2.05) is 0 Å². The molecule has 1 atom stereocenters. The van der Waals surface area contributed by atoms with E-state index < -0.39 is 0 Å². The monoisotopic (exact) mass is 421 g/mol. The van der Waals surface area contributed by atoms with Crippen LogP contribution in [0.2, 0.25) is 0 Å². The number of nitrogens with zero attached hydrogens (tertiary/aromatic N) is 2. The second kappa shape index (κ2) is 15.0. The van der Waals surface area contributed by atoms with E-state index in [2.05, 4.69) is 27.8 Å². The van der Waals surface area contributed by atoms with Crippen LogP contribution < -0.4 is 0 Å². The van der Waals surface area contributed by atoms with E-state index in [-0.39, 0.29) is 0 Å². The average Bonchev–Trinajstić information content (AvgIpc) is 3.12. The van der Waals surface area contributed by atoms with Gasteiger partial charge < -0.3 is 4.74 Å². The molecule has 0 radical (unpaired) electrons. The van der Waals surface area contributed by atoms with Gasteiger partial charge in [0.2, 0.25) is 4.77 Å². The molecule has 1 aromatic heterocycles. The zero-order chi connectivity index (χ0) is 20.7. The quantitative estimate of drug-likeness (QED) is 0.220. The molecule has 1 aromatic rings. The molecule has 0 bridgehead atoms. The highest BCUT2D eigenvalue weighted by Crippen LogP contribution is 2.24. The molecule has 5 heteroatoms. The minimum Gasteiger partial charge on any atom is -0.381 e. The number of methoxy groups -OCH3 is 1. The number of allylic oxidation sites excluding steroid dienone is 1. The zero-order valence-electron chi connectivity index (χ0n) is 18.9. The van der Waals surface area contributed by atoms with Crippen molar-refractivity contribution in [3.8, 4) is 0 Å². The molecule has 1 N–H and O–H groups in total. The smallest absolute Gasteiger partial charge is 0.213 e. The third-order valence-corrected chi connectivity index (χ3v) is 6.34. The number of unbranched alkanes of at least 4 members (excludes halogenated alkanes) is 12. The molecule has 2 rings (SSSR count). The average molecular weight is 422 g/mol. The molecule has 0 saturated carbocycles. The minimum absolute atomic E-state index is 0.356. The molecule has 1 unspecified atom stereocenters. The summed E-state index contributed by atoms with van der Waals surface area (Å²) in [4.78, 5) is 4.57. The first-order valence-electron chi connectivity index (χ1n) is 12.1. The second-order valence-electron chi connectivity index (χ2n) is 8.60. The van der Waals surface area contributed by atoms with Crippen molar-refractivity contribution in [2.45, 2.75) is 122 Å². The summed E-state index contributed by atoms with van der Waals surface area (Å²) in [7, 11) is 1.80. The third-order valence-electron chi connectivity index (χ3n) is 6.16. The molecule has 0 saturated heterocycles. The van der Waals surface area contributed by atoms with E-state index in [0.29, 0.717) is 10.9 Å². The molecule has 1 aliphatic rings. The molecule has 0 aliphatic heterocycles. The lowest BCUT2D eigenvalue weighted by Crippen LogP contribution is -2.16. The molecule has 0 amide bonds. The van der Waals surface area contributed by atoms with Crippen LogP contribution in [0.4, 0.5) is 0 Å². The summed E-state index contributed by atoms with van der Waals surface area (Å²) < 4.78 is 8.20. The van der Waals surface area contributed by atoms with Crippen LogP contribution in [0.25, 0.3) is 5.70 Å². The van der Waals surface area contributed by atoms with Gasteiger partial charge in [0.15, 0.2) is 0 Å². The largest absolute Gasteiger partial charge is 0.381 e. The van der Waals surface area contributed by atoms with E-state index in [1.165, 1.54) is 89.2 Å². The van der Waals surface area contributed by atoms with Gasteiger partial charge in [-0.2, -0.15) is 0 Å². The van der Waals surface area contributed by atoms with E-state index in [1.54, 1.807) is 7.11 Å². The van der Waals surface area contributed by atoms with Crippen molar-refractivity contribution >= 4 is 17.9 Å². The molecule has 166 valence electrons. The fraction of sp³-hybridized carbons (Fsp3) is 0.833. The van der Waals surface area contributed by atoms with Gasteiger partial charge in [-0.25, -0.2) is 9.67 Å². The van der Waals surface area contributed by atoms with E-state index in [4.69, 9.17) is 17.0 Å².